The van der Waals surface area contributed by atoms with E-state index in [0.717, 1.165) is 17.5 Å². The lowest BCUT2D eigenvalue weighted by Crippen LogP contribution is -2.11. The van der Waals surface area contributed by atoms with Crippen molar-refractivity contribution in [1.82, 2.24) is 9.78 Å². The van der Waals surface area contributed by atoms with Gasteiger partial charge in [-0.15, -0.1) is 0 Å². The van der Waals surface area contributed by atoms with Crippen molar-refractivity contribution in [2.75, 3.05) is 0 Å². The number of carbonyl (C=O) groups is 1. The number of rotatable bonds is 2. The van der Waals surface area contributed by atoms with Gasteiger partial charge in [0.2, 0.25) is 0 Å². The number of aryl methyl sites for hydroxylation is 1. The molecule has 1 heterocycles. The summed E-state index contributed by atoms with van der Waals surface area (Å²) in [6.45, 7) is 0. The zero-order valence-corrected chi connectivity index (χ0v) is 10.1. The molecule has 1 aliphatic carbocycles. The molecule has 0 aliphatic heterocycles. The first-order valence-corrected chi connectivity index (χ1v) is 5.79. The van der Waals surface area contributed by atoms with E-state index in [-0.39, 0.29) is 0 Å². The van der Waals surface area contributed by atoms with Crippen LogP contribution in [0.4, 0.5) is 0 Å². The van der Waals surface area contributed by atoms with Crippen molar-refractivity contribution in [3.8, 4) is 11.3 Å². The van der Waals surface area contributed by atoms with E-state index in [1.165, 1.54) is 5.56 Å². The maximum absolute atomic E-state index is 11.5. The number of nitrogens with zero attached hydrogens (tertiary/aromatic N) is 2. The summed E-state index contributed by atoms with van der Waals surface area (Å²) < 4.78 is 1.62. The minimum atomic E-state index is -0.447. The maximum Gasteiger partial charge on any atom is 0.252 e. The third-order valence-electron chi connectivity index (χ3n) is 3.17. The van der Waals surface area contributed by atoms with Gasteiger partial charge in [-0.25, -0.2) is 0 Å². The second-order valence-corrected chi connectivity index (χ2v) is 4.41. The van der Waals surface area contributed by atoms with Crippen LogP contribution >= 0.6 is 0 Å². The molecular weight excluding hydrogens is 226 g/mol. The molecule has 2 aromatic rings. The van der Waals surface area contributed by atoms with E-state index in [1.807, 2.05) is 12.1 Å². The minimum absolute atomic E-state index is 0.447. The van der Waals surface area contributed by atoms with Gasteiger partial charge in [-0.1, -0.05) is 30.4 Å². The second-order valence-electron chi connectivity index (χ2n) is 4.41. The predicted octanol–water partition coefficient (Wildman–Crippen LogP) is 1.76. The Kier molecular flexibility index (Phi) is 2.30. The van der Waals surface area contributed by atoms with Crippen molar-refractivity contribution in [2.24, 2.45) is 12.8 Å². The van der Waals surface area contributed by atoms with Crippen LogP contribution in [-0.4, -0.2) is 15.7 Å². The van der Waals surface area contributed by atoms with Gasteiger partial charge in [-0.05, 0) is 17.5 Å². The molecule has 1 amide bonds. The zero-order chi connectivity index (χ0) is 12.7. The number of benzene rings is 1. The molecule has 18 heavy (non-hydrogen) atoms. The summed E-state index contributed by atoms with van der Waals surface area (Å²) in [7, 11) is 1.79. The molecule has 2 N–H and O–H groups in total. The van der Waals surface area contributed by atoms with Gasteiger partial charge >= 0.3 is 0 Å². The molecule has 1 aromatic heterocycles. The third kappa shape index (κ3) is 1.54. The molecule has 1 aromatic carbocycles. The average Bonchev–Trinajstić information content (AvgIpc) is 2.94. The van der Waals surface area contributed by atoms with Crippen molar-refractivity contribution in [3.63, 3.8) is 0 Å². The Morgan fingerprint density at radius 1 is 1.44 bits per heavy atom. The lowest BCUT2D eigenvalue weighted by molar-refractivity contribution is 0.100. The summed E-state index contributed by atoms with van der Waals surface area (Å²) in [5, 5.41) is 4.36. The first-order valence-electron chi connectivity index (χ1n) is 5.79. The van der Waals surface area contributed by atoms with Crippen LogP contribution in [0.5, 0.6) is 0 Å². The van der Waals surface area contributed by atoms with Crippen LogP contribution in [0.2, 0.25) is 0 Å². The summed E-state index contributed by atoms with van der Waals surface area (Å²) >= 11 is 0. The molecule has 3 rings (SSSR count). The number of hydrogen-bond donors (Lipinski definition) is 1. The maximum atomic E-state index is 11.5. The number of nitrogens with two attached hydrogens (primary N) is 1. The molecule has 0 saturated heterocycles. The van der Waals surface area contributed by atoms with Gasteiger partial charge < -0.3 is 5.73 Å². The number of carbonyl (C=O) groups excluding carboxylic acids is 1. The van der Waals surface area contributed by atoms with E-state index in [1.54, 1.807) is 17.9 Å². The Morgan fingerprint density at radius 2 is 2.28 bits per heavy atom. The van der Waals surface area contributed by atoms with Crippen LogP contribution in [0, 0.1) is 0 Å². The Morgan fingerprint density at radius 3 is 3.06 bits per heavy atom. The Labute approximate surface area is 105 Å². The molecule has 0 bridgehead atoms. The fraction of sp³-hybridized carbons (Fsp3) is 0.143. The molecule has 0 fully saturated rings. The normalized spacial score (nSPS) is 12.7. The molecule has 4 nitrogen and oxygen atoms in total. The lowest BCUT2D eigenvalue weighted by atomic mass is 9.99. The van der Waals surface area contributed by atoms with Gasteiger partial charge in [-0.2, -0.15) is 5.10 Å². The van der Waals surface area contributed by atoms with Gasteiger partial charge in [0.15, 0.2) is 0 Å². The molecule has 0 unspecified atom stereocenters. The van der Waals surface area contributed by atoms with Crippen molar-refractivity contribution in [1.29, 1.82) is 0 Å². The molecule has 0 saturated carbocycles. The molecular formula is C14H13N3O. The molecule has 0 atom stereocenters. The summed E-state index contributed by atoms with van der Waals surface area (Å²) in [6.07, 6.45) is 6.78. The van der Waals surface area contributed by atoms with Gasteiger partial charge in [0.05, 0.1) is 5.56 Å². The van der Waals surface area contributed by atoms with Gasteiger partial charge in [0, 0.05) is 18.8 Å². The Hall–Kier alpha value is -2.36. The fourth-order valence-corrected chi connectivity index (χ4v) is 2.37. The van der Waals surface area contributed by atoms with Crippen LogP contribution < -0.4 is 5.73 Å². The number of aromatic nitrogens is 2. The van der Waals surface area contributed by atoms with Crippen molar-refractivity contribution in [2.45, 2.75) is 6.42 Å². The number of primary amides is 1. The zero-order valence-electron chi connectivity index (χ0n) is 10.1. The van der Waals surface area contributed by atoms with Crippen molar-refractivity contribution >= 4 is 12.0 Å². The third-order valence-corrected chi connectivity index (χ3v) is 3.17. The second kappa shape index (κ2) is 3.84. The Bertz CT molecular complexity index is 668. The van der Waals surface area contributed by atoms with Crippen LogP contribution in [0.15, 0.2) is 30.5 Å². The van der Waals surface area contributed by atoms with Gasteiger partial charge in [0.1, 0.15) is 5.69 Å². The fourth-order valence-electron chi connectivity index (χ4n) is 2.37. The van der Waals surface area contributed by atoms with Crippen LogP contribution in [0.3, 0.4) is 0 Å². The highest BCUT2D eigenvalue weighted by atomic mass is 16.1. The van der Waals surface area contributed by atoms with Gasteiger partial charge in [-0.3, -0.25) is 9.48 Å². The number of amides is 1. The SMILES string of the molecule is Cn1cc(C(N)=O)c(-c2cccc3c2C=CC3)n1. The lowest BCUT2D eigenvalue weighted by Gasteiger charge is -2.06. The highest BCUT2D eigenvalue weighted by Crippen LogP contribution is 2.31. The number of hydrogen-bond acceptors (Lipinski definition) is 2. The van der Waals surface area contributed by atoms with E-state index in [2.05, 4.69) is 23.3 Å². The van der Waals surface area contributed by atoms with E-state index in [0.29, 0.717) is 11.3 Å². The first kappa shape index (κ1) is 10.8. The molecule has 90 valence electrons. The minimum Gasteiger partial charge on any atom is -0.365 e. The monoisotopic (exact) mass is 239 g/mol. The summed E-state index contributed by atoms with van der Waals surface area (Å²) in [4.78, 5) is 11.5. The van der Waals surface area contributed by atoms with Crippen molar-refractivity contribution in [3.05, 3.63) is 47.2 Å². The molecule has 1 aliphatic rings. The van der Waals surface area contributed by atoms with E-state index in [4.69, 9.17) is 5.73 Å². The van der Waals surface area contributed by atoms with Gasteiger partial charge in [0.25, 0.3) is 5.91 Å². The smallest absolute Gasteiger partial charge is 0.252 e. The summed E-state index contributed by atoms with van der Waals surface area (Å²) in [5.74, 6) is -0.447. The summed E-state index contributed by atoms with van der Waals surface area (Å²) in [6, 6.07) is 6.05. The van der Waals surface area contributed by atoms with E-state index < -0.39 is 5.91 Å². The predicted molar refractivity (Wildman–Crippen MR) is 69.9 cm³/mol. The van der Waals surface area contributed by atoms with E-state index >= 15 is 0 Å². The standard InChI is InChI=1S/C14H13N3O/c1-17-8-12(14(15)18)13(16-17)11-7-3-5-9-4-2-6-10(9)11/h2-3,5-8H,4H2,1H3,(H2,15,18). The van der Waals surface area contributed by atoms with Crippen LogP contribution in [0.1, 0.15) is 21.5 Å². The van der Waals surface area contributed by atoms with E-state index in [9.17, 15) is 4.79 Å². The Balaban J connectivity index is 2.25. The topological polar surface area (TPSA) is 60.9 Å². The number of allylic oxidation sites excluding steroid dienone is 1. The highest BCUT2D eigenvalue weighted by Gasteiger charge is 2.19. The average molecular weight is 239 g/mol. The first-order chi connectivity index (χ1) is 8.66. The summed E-state index contributed by atoms with van der Waals surface area (Å²) in [5.41, 5.74) is 9.89. The number of fused-ring (bicyclic) bond motifs is 1. The highest BCUT2D eigenvalue weighted by molar-refractivity contribution is 5.99. The van der Waals surface area contributed by atoms with Crippen LogP contribution in [0.25, 0.3) is 17.3 Å². The molecule has 0 spiro atoms. The quantitative estimate of drug-likeness (QED) is 0.868. The molecule has 4 heteroatoms. The van der Waals surface area contributed by atoms with Crippen LogP contribution in [-0.2, 0) is 13.5 Å². The molecule has 0 radical (unpaired) electrons. The largest absolute Gasteiger partial charge is 0.365 e. The van der Waals surface area contributed by atoms with Crippen molar-refractivity contribution < 1.29 is 4.79 Å².